The number of aliphatic hydroxyl groups excluding tert-OH is 2. The summed E-state index contributed by atoms with van der Waals surface area (Å²) in [6, 6.07) is 9.47. The lowest BCUT2D eigenvalue weighted by Gasteiger charge is -2.21. The quantitative estimate of drug-likeness (QED) is 0.452. The van der Waals surface area contributed by atoms with Crippen molar-refractivity contribution in [2.75, 3.05) is 26.0 Å². The lowest BCUT2D eigenvalue weighted by Crippen LogP contribution is -2.27. The topological polar surface area (TPSA) is 95.9 Å². The SMILES string of the molecule is CN1CCc2c(sc3c2c(=O)n(-c2ccccc2)c2nnc(SCC(O)CO)n32)C1. The average molecular weight is 444 g/mol. The smallest absolute Gasteiger partial charge is 0.268 e. The fourth-order valence-electron chi connectivity index (χ4n) is 3.81. The van der Waals surface area contributed by atoms with Crippen molar-refractivity contribution in [2.45, 2.75) is 24.2 Å². The summed E-state index contributed by atoms with van der Waals surface area (Å²) in [5.74, 6) is 0.739. The van der Waals surface area contributed by atoms with Gasteiger partial charge in [-0.2, -0.15) is 0 Å². The van der Waals surface area contributed by atoms with Crippen LogP contribution >= 0.6 is 23.1 Å². The Morgan fingerprint density at radius 1 is 1.27 bits per heavy atom. The first-order valence-corrected chi connectivity index (χ1v) is 11.5. The number of aliphatic hydroxyl groups is 2. The van der Waals surface area contributed by atoms with Crippen molar-refractivity contribution >= 4 is 39.1 Å². The Kier molecular flexibility index (Phi) is 5.11. The zero-order chi connectivity index (χ0) is 20.8. The van der Waals surface area contributed by atoms with Gasteiger partial charge in [0.1, 0.15) is 4.83 Å². The third kappa shape index (κ3) is 3.15. The number of hydrogen-bond acceptors (Lipinski definition) is 8. The summed E-state index contributed by atoms with van der Waals surface area (Å²) in [5.41, 5.74) is 1.77. The van der Waals surface area contributed by atoms with Crippen molar-refractivity contribution in [1.29, 1.82) is 0 Å². The molecule has 1 aliphatic heterocycles. The second kappa shape index (κ2) is 7.78. The normalized spacial score (nSPS) is 15.7. The van der Waals surface area contributed by atoms with Crippen molar-refractivity contribution in [3.63, 3.8) is 0 Å². The van der Waals surface area contributed by atoms with Gasteiger partial charge in [0.05, 0.1) is 23.8 Å². The number of hydrogen-bond donors (Lipinski definition) is 2. The molecule has 0 bridgehead atoms. The van der Waals surface area contributed by atoms with E-state index in [4.69, 9.17) is 5.11 Å². The predicted octanol–water partition coefficient (Wildman–Crippen LogP) is 1.53. The number of aromatic nitrogens is 4. The van der Waals surface area contributed by atoms with E-state index >= 15 is 0 Å². The van der Waals surface area contributed by atoms with Crippen molar-refractivity contribution in [1.82, 2.24) is 24.1 Å². The van der Waals surface area contributed by atoms with Crippen LogP contribution in [0.15, 0.2) is 40.3 Å². The second-order valence-electron chi connectivity index (χ2n) is 7.41. The highest BCUT2D eigenvalue weighted by molar-refractivity contribution is 7.99. The molecule has 0 spiro atoms. The molecule has 1 aliphatic rings. The molecule has 30 heavy (non-hydrogen) atoms. The lowest BCUT2D eigenvalue weighted by molar-refractivity contribution is 0.113. The summed E-state index contributed by atoms with van der Waals surface area (Å²) in [5, 5.41) is 28.9. The molecule has 156 valence electrons. The lowest BCUT2D eigenvalue weighted by atomic mass is 10.1. The molecule has 2 N–H and O–H groups in total. The summed E-state index contributed by atoms with van der Waals surface area (Å²) >= 11 is 2.93. The van der Waals surface area contributed by atoms with Crippen molar-refractivity contribution in [2.24, 2.45) is 0 Å². The van der Waals surface area contributed by atoms with Gasteiger partial charge in [-0.05, 0) is 31.2 Å². The fourth-order valence-corrected chi connectivity index (χ4v) is 6.13. The second-order valence-corrected chi connectivity index (χ2v) is 9.48. The summed E-state index contributed by atoms with van der Waals surface area (Å²) in [6.45, 7) is 1.41. The van der Waals surface area contributed by atoms with E-state index in [1.807, 2.05) is 34.7 Å². The van der Waals surface area contributed by atoms with Gasteiger partial charge in [0.25, 0.3) is 5.56 Å². The molecule has 3 aromatic heterocycles. The van der Waals surface area contributed by atoms with Crippen LogP contribution in [-0.2, 0) is 13.0 Å². The van der Waals surface area contributed by atoms with Crippen LogP contribution in [0.5, 0.6) is 0 Å². The minimum Gasteiger partial charge on any atom is -0.394 e. The third-order valence-electron chi connectivity index (χ3n) is 5.30. The van der Waals surface area contributed by atoms with E-state index in [0.29, 0.717) is 10.9 Å². The molecule has 4 aromatic rings. The number of fused-ring (bicyclic) bond motifs is 5. The van der Waals surface area contributed by atoms with Crippen LogP contribution in [0, 0.1) is 0 Å². The van der Waals surface area contributed by atoms with Gasteiger partial charge in [-0.15, -0.1) is 21.5 Å². The summed E-state index contributed by atoms with van der Waals surface area (Å²) in [7, 11) is 2.08. The first kappa shape index (κ1) is 19.7. The number of thioether (sulfide) groups is 1. The number of benzene rings is 1. The highest BCUT2D eigenvalue weighted by atomic mass is 32.2. The van der Waals surface area contributed by atoms with Gasteiger partial charge in [0, 0.05) is 23.7 Å². The Hall–Kier alpha value is -2.24. The van der Waals surface area contributed by atoms with Gasteiger partial charge < -0.3 is 15.1 Å². The van der Waals surface area contributed by atoms with E-state index in [2.05, 4.69) is 22.1 Å². The zero-order valence-corrected chi connectivity index (χ0v) is 18.0. The largest absolute Gasteiger partial charge is 0.394 e. The van der Waals surface area contributed by atoms with Crippen molar-refractivity contribution in [3.8, 4) is 5.69 Å². The van der Waals surface area contributed by atoms with Crippen molar-refractivity contribution < 1.29 is 10.2 Å². The standard InChI is InChI=1S/C20H21N5O3S2/c1-23-8-7-14-15(9-23)30-18-16(14)17(28)24(12-5-3-2-4-6-12)19-21-22-20(25(18)19)29-11-13(27)10-26/h2-6,13,26-27H,7-11H2,1H3. The highest BCUT2D eigenvalue weighted by Crippen LogP contribution is 2.35. The predicted molar refractivity (Wildman–Crippen MR) is 118 cm³/mol. The minimum absolute atomic E-state index is 0.0786. The highest BCUT2D eigenvalue weighted by Gasteiger charge is 2.26. The van der Waals surface area contributed by atoms with Crippen LogP contribution in [-0.4, -0.2) is 66.3 Å². The molecule has 0 fully saturated rings. The minimum atomic E-state index is -0.844. The van der Waals surface area contributed by atoms with Gasteiger partial charge in [-0.3, -0.25) is 4.79 Å². The molecule has 4 heterocycles. The first-order valence-electron chi connectivity index (χ1n) is 9.68. The fraction of sp³-hybridized carbons (Fsp3) is 0.350. The van der Waals surface area contributed by atoms with Gasteiger partial charge in [0.2, 0.25) is 5.78 Å². The van der Waals surface area contributed by atoms with Gasteiger partial charge in [-0.25, -0.2) is 8.97 Å². The van der Waals surface area contributed by atoms with Gasteiger partial charge in [0.15, 0.2) is 5.16 Å². The molecule has 5 rings (SSSR count). The van der Waals surface area contributed by atoms with Gasteiger partial charge >= 0.3 is 0 Å². The Balaban J connectivity index is 1.82. The van der Waals surface area contributed by atoms with E-state index in [1.165, 1.54) is 16.6 Å². The molecule has 1 unspecified atom stereocenters. The van der Waals surface area contributed by atoms with Crippen LogP contribution in [0.3, 0.4) is 0 Å². The number of likely N-dealkylation sites (N-methyl/N-ethyl adjacent to an activating group) is 1. The van der Waals surface area contributed by atoms with Crippen molar-refractivity contribution in [3.05, 3.63) is 51.1 Å². The molecule has 1 aromatic carbocycles. The zero-order valence-electron chi connectivity index (χ0n) is 16.4. The summed E-state index contributed by atoms with van der Waals surface area (Å²) in [4.78, 5) is 18.0. The number of nitrogens with zero attached hydrogens (tertiary/aromatic N) is 5. The maximum atomic E-state index is 13.7. The molecule has 8 nitrogen and oxygen atoms in total. The monoisotopic (exact) mass is 443 g/mol. The molecule has 0 amide bonds. The maximum Gasteiger partial charge on any atom is 0.268 e. The molecule has 0 saturated carbocycles. The Bertz CT molecular complexity index is 1280. The van der Waals surface area contributed by atoms with Gasteiger partial charge in [-0.1, -0.05) is 30.0 Å². The molecular formula is C20H21N5O3S2. The molecule has 0 saturated heterocycles. The number of thiophene rings is 1. The van der Waals surface area contributed by atoms with E-state index in [-0.39, 0.29) is 17.9 Å². The number of rotatable bonds is 5. The van der Waals surface area contributed by atoms with Crippen LogP contribution in [0.25, 0.3) is 21.7 Å². The number of para-hydroxylation sites is 1. The molecule has 0 radical (unpaired) electrons. The van der Waals surface area contributed by atoms with E-state index < -0.39 is 6.10 Å². The van der Waals surface area contributed by atoms with E-state index in [9.17, 15) is 9.90 Å². The summed E-state index contributed by atoms with van der Waals surface area (Å²) in [6.07, 6.45) is -0.0158. The van der Waals surface area contributed by atoms with E-state index in [1.54, 1.807) is 15.9 Å². The van der Waals surface area contributed by atoms with Crippen LogP contribution < -0.4 is 5.56 Å². The first-order chi connectivity index (χ1) is 14.6. The molecule has 1 atom stereocenters. The van der Waals surface area contributed by atoms with Crippen LogP contribution in [0.2, 0.25) is 0 Å². The molecule has 10 heteroatoms. The van der Waals surface area contributed by atoms with Crippen LogP contribution in [0.1, 0.15) is 10.4 Å². The van der Waals surface area contributed by atoms with Crippen LogP contribution in [0.4, 0.5) is 0 Å². The maximum absolute atomic E-state index is 13.7. The molecular weight excluding hydrogens is 422 g/mol. The third-order valence-corrected chi connectivity index (χ3v) is 7.57. The average Bonchev–Trinajstić information content (AvgIpc) is 3.34. The summed E-state index contributed by atoms with van der Waals surface area (Å²) < 4.78 is 3.54. The Morgan fingerprint density at radius 2 is 2.07 bits per heavy atom. The molecule has 0 aliphatic carbocycles. The van der Waals surface area contributed by atoms with E-state index in [0.717, 1.165) is 41.0 Å². The Labute approximate surface area is 180 Å². The Morgan fingerprint density at radius 3 is 2.83 bits per heavy atom.